The molecule has 82 valence electrons. The van der Waals surface area contributed by atoms with Gasteiger partial charge >= 0.3 is 0 Å². The molecule has 0 atom stereocenters. The highest BCUT2D eigenvalue weighted by atomic mass is 32.1. The van der Waals surface area contributed by atoms with Gasteiger partial charge in [-0.15, -0.1) is 11.3 Å². The summed E-state index contributed by atoms with van der Waals surface area (Å²) in [5.41, 5.74) is 1.77. The summed E-state index contributed by atoms with van der Waals surface area (Å²) >= 11 is 1.55. The van der Waals surface area contributed by atoms with Crippen molar-refractivity contribution in [1.82, 2.24) is 10.3 Å². The molecule has 0 bridgehead atoms. The molecule has 3 nitrogen and oxygen atoms in total. The molecule has 1 heterocycles. The zero-order valence-corrected chi connectivity index (χ0v) is 9.55. The molecule has 1 fully saturated rings. The van der Waals surface area contributed by atoms with Crippen LogP contribution in [0.4, 0.5) is 0 Å². The van der Waals surface area contributed by atoms with Gasteiger partial charge in [-0.1, -0.05) is 12.8 Å². The van der Waals surface area contributed by atoms with Crippen molar-refractivity contribution in [2.75, 3.05) is 6.54 Å². The maximum atomic E-state index is 11.6. The lowest BCUT2D eigenvalue weighted by molar-refractivity contribution is -0.117. The minimum atomic E-state index is 0.270. The van der Waals surface area contributed by atoms with E-state index in [1.54, 1.807) is 23.0 Å². The van der Waals surface area contributed by atoms with Crippen LogP contribution in [0.3, 0.4) is 0 Å². The van der Waals surface area contributed by atoms with Crippen LogP contribution in [-0.2, 0) is 11.2 Å². The first-order valence-corrected chi connectivity index (χ1v) is 6.35. The molecule has 0 saturated heterocycles. The molecule has 1 N–H and O–H groups in total. The quantitative estimate of drug-likeness (QED) is 0.829. The molecule has 1 aromatic heterocycles. The molecule has 0 aliphatic heterocycles. The molecule has 0 spiro atoms. The zero-order chi connectivity index (χ0) is 10.5. The Morgan fingerprint density at radius 2 is 2.33 bits per heavy atom. The normalized spacial score (nSPS) is 17.1. The van der Waals surface area contributed by atoms with Gasteiger partial charge in [0.1, 0.15) is 0 Å². The number of carbonyl (C=O) groups excluding carboxylic acids is 1. The third-order valence-electron chi connectivity index (χ3n) is 2.80. The van der Waals surface area contributed by atoms with Crippen molar-refractivity contribution in [1.29, 1.82) is 0 Å². The number of thiazole rings is 1. The van der Waals surface area contributed by atoms with E-state index in [0.29, 0.717) is 19.0 Å². The second-order valence-electron chi connectivity index (χ2n) is 4.05. The summed E-state index contributed by atoms with van der Waals surface area (Å²) in [6.45, 7) is 0.516. The lowest BCUT2D eigenvalue weighted by Crippen LogP contribution is -2.32. The fraction of sp³-hybridized carbons (Fsp3) is 0.636. The Hall–Kier alpha value is -0.740. The number of ketones is 1. The Kier molecular flexibility index (Phi) is 3.86. The Morgan fingerprint density at radius 1 is 1.53 bits per heavy atom. The van der Waals surface area contributed by atoms with Gasteiger partial charge < -0.3 is 5.32 Å². The largest absolute Gasteiger partial charge is 0.307 e. The Balaban J connectivity index is 1.68. The fourth-order valence-electron chi connectivity index (χ4n) is 1.97. The van der Waals surface area contributed by atoms with E-state index in [1.165, 1.54) is 25.7 Å². The standard InChI is InChI=1S/C11H16N2OS/c14-10(5-11-7-12-8-15-11)6-13-9-3-1-2-4-9/h7-9,13H,1-6H2. The lowest BCUT2D eigenvalue weighted by atomic mass is 10.2. The number of hydrogen-bond acceptors (Lipinski definition) is 4. The minimum Gasteiger partial charge on any atom is -0.307 e. The molecule has 0 amide bonds. The number of nitrogens with one attached hydrogen (secondary N) is 1. The molecule has 0 aromatic carbocycles. The third kappa shape index (κ3) is 3.39. The van der Waals surface area contributed by atoms with E-state index in [0.717, 1.165) is 4.88 Å². The predicted octanol–water partition coefficient (Wildman–Crippen LogP) is 1.79. The van der Waals surface area contributed by atoms with Gasteiger partial charge in [0.25, 0.3) is 0 Å². The Labute approximate surface area is 93.9 Å². The maximum Gasteiger partial charge on any atom is 0.151 e. The van der Waals surface area contributed by atoms with E-state index in [9.17, 15) is 4.79 Å². The monoisotopic (exact) mass is 224 g/mol. The number of nitrogens with zero attached hydrogens (tertiary/aromatic N) is 1. The number of carbonyl (C=O) groups is 1. The first-order chi connectivity index (χ1) is 7.34. The summed E-state index contributed by atoms with van der Waals surface area (Å²) in [6.07, 6.45) is 7.38. The van der Waals surface area contributed by atoms with Gasteiger partial charge in [0.15, 0.2) is 5.78 Å². The van der Waals surface area contributed by atoms with Crippen molar-refractivity contribution in [3.63, 3.8) is 0 Å². The van der Waals surface area contributed by atoms with E-state index < -0.39 is 0 Å². The first kappa shape index (κ1) is 10.8. The summed E-state index contributed by atoms with van der Waals surface area (Å²) in [6, 6.07) is 0.579. The average Bonchev–Trinajstić information content (AvgIpc) is 2.86. The van der Waals surface area contributed by atoms with E-state index in [2.05, 4.69) is 10.3 Å². The Morgan fingerprint density at radius 3 is 3.00 bits per heavy atom. The van der Waals surface area contributed by atoms with Gasteiger partial charge in [-0.05, 0) is 12.8 Å². The molecule has 1 aromatic rings. The number of aromatic nitrogens is 1. The Bertz CT molecular complexity index is 304. The molecule has 1 aliphatic carbocycles. The molecule has 1 aliphatic rings. The van der Waals surface area contributed by atoms with Crippen LogP contribution in [0.2, 0.25) is 0 Å². The summed E-state index contributed by atoms with van der Waals surface area (Å²) in [4.78, 5) is 16.6. The number of hydrogen-bond donors (Lipinski definition) is 1. The van der Waals surface area contributed by atoms with Gasteiger partial charge in [0.05, 0.1) is 12.1 Å². The summed E-state index contributed by atoms with van der Waals surface area (Å²) in [5, 5.41) is 3.33. The van der Waals surface area contributed by atoms with Crippen LogP contribution in [-0.4, -0.2) is 23.4 Å². The SMILES string of the molecule is O=C(CNC1CCCC1)Cc1cncs1. The van der Waals surface area contributed by atoms with Gasteiger partial charge in [0, 0.05) is 23.5 Å². The molecule has 1 saturated carbocycles. The number of Topliss-reactive ketones (excluding diaryl/α,β-unsaturated/α-hetero) is 1. The van der Waals surface area contributed by atoms with Crippen molar-refractivity contribution in [3.05, 3.63) is 16.6 Å². The van der Waals surface area contributed by atoms with Crippen molar-refractivity contribution in [3.8, 4) is 0 Å². The summed E-state index contributed by atoms with van der Waals surface area (Å²) in [7, 11) is 0. The van der Waals surface area contributed by atoms with Crippen molar-refractivity contribution in [2.24, 2.45) is 0 Å². The van der Waals surface area contributed by atoms with Crippen molar-refractivity contribution < 1.29 is 4.79 Å². The van der Waals surface area contributed by atoms with Crippen LogP contribution in [0.5, 0.6) is 0 Å². The van der Waals surface area contributed by atoms with Gasteiger partial charge in [-0.2, -0.15) is 0 Å². The van der Waals surface area contributed by atoms with Crippen LogP contribution in [0.1, 0.15) is 30.6 Å². The van der Waals surface area contributed by atoms with E-state index in [1.807, 2.05) is 0 Å². The number of rotatable bonds is 5. The molecule has 0 unspecified atom stereocenters. The molecule has 0 radical (unpaired) electrons. The minimum absolute atomic E-state index is 0.270. The van der Waals surface area contributed by atoms with E-state index in [-0.39, 0.29) is 5.78 Å². The molecule has 4 heteroatoms. The van der Waals surface area contributed by atoms with Crippen LogP contribution >= 0.6 is 11.3 Å². The van der Waals surface area contributed by atoms with Gasteiger partial charge in [-0.25, -0.2) is 0 Å². The second-order valence-corrected chi connectivity index (χ2v) is 5.02. The van der Waals surface area contributed by atoms with E-state index in [4.69, 9.17) is 0 Å². The van der Waals surface area contributed by atoms with E-state index >= 15 is 0 Å². The maximum absolute atomic E-state index is 11.6. The third-order valence-corrected chi connectivity index (χ3v) is 3.58. The summed E-state index contributed by atoms with van der Waals surface area (Å²) < 4.78 is 0. The zero-order valence-electron chi connectivity index (χ0n) is 8.74. The highest BCUT2D eigenvalue weighted by Gasteiger charge is 2.15. The second kappa shape index (κ2) is 5.37. The molecular weight excluding hydrogens is 208 g/mol. The van der Waals surface area contributed by atoms with Crippen LogP contribution < -0.4 is 5.32 Å². The molecule has 15 heavy (non-hydrogen) atoms. The van der Waals surface area contributed by atoms with Crippen LogP contribution in [0, 0.1) is 0 Å². The molecule has 2 rings (SSSR count). The van der Waals surface area contributed by atoms with Crippen LogP contribution in [0.25, 0.3) is 0 Å². The highest BCUT2D eigenvalue weighted by Crippen LogP contribution is 2.17. The lowest BCUT2D eigenvalue weighted by Gasteiger charge is -2.10. The van der Waals surface area contributed by atoms with Gasteiger partial charge in [-0.3, -0.25) is 9.78 Å². The highest BCUT2D eigenvalue weighted by molar-refractivity contribution is 7.09. The molecular formula is C11H16N2OS. The smallest absolute Gasteiger partial charge is 0.151 e. The van der Waals surface area contributed by atoms with Crippen molar-refractivity contribution >= 4 is 17.1 Å². The topological polar surface area (TPSA) is 42.0 Å². The van der Waals surface area contributed by atoms with Crippen LogP contribution in [0.15, 0.2) is 11.7 Å². The van der Waals surface area contributed by atoms with Gasteiger partial charge in [0.2, 0.25) is 0 Å². The predicted molar refractivity (Wildman–Crippen MR) is 61.1 cm³/mol. The van der Waals surface area contributed by atoms with Crippen molar-refractivity contribution in [2.45, 2.75) is 38.1 Å². The average molecular weight is 224 g/mol. The summed E-state index contributed by atoms with van der Waals surface area (Å²) in [5.74, 6) is 0.270. The first-order valence-electron chi connectivity index (χ1n) is 5.47. The fourth-order valence-corrected chi connectivity index (χ4v) is 2.60.